The fraction of sp³-hybridized carbons (Fsp3) is 0.500. The molecule has 0 aromatic heterocycles. The van der Waals surface area contributed by atoms with E-state index >= 15 is 0 Å². The summed E-state index contributed by atoms with van der Waals surface area (Å²) in [5, 5.41) is 8.27. The smallest absolute Gasteiger partial charge is 0.325 e. The molecule has 6 heteroatoms. The summed E-state index contributed by atoms with van der Waals surface area (Å²) < 4.78 is 16.6. The molecule has 0 aliphatic carbocycles. The third-order valence-electron chi connectivity index (χ3n) is 1.39. The van der Waals surface area contributed by atoms with Crippen molar-refractivity contribution in [3.63, 3.8) is 0 Å². The van der Waals surface area contributed by atoms with Crippen LogP contribution in [0.5, 0.6) is 0 Å². The van der Waals surface area contributed by atoms with E-state index in [1.165, 1.54) is 0 Å². The SMILES string of the molecule is C=CC(F)OC(=O)[C@@H](N)CCC(=O)O. The lowest BCUT2D eigenvalue weighted by molar-refractivity contribution is -0.155. The molecule has 0 rings (SSSR count). The molecule has 5 nitrogen and oxygen atoms in total. The molecule has 0 aliphatic rings. The van der Waals surface area contributed by atoms with E-state index in [2.05, 4.69) is 11.3 Å². The Balaban J connectivity index is 3.87. The Morgan fingerprint density at radius 2 is 2.21 bits per heavy atom. The Hall–Kier alpha value is -1.43. The molecule has 3 N–H and O–H groups in total. The van der Waals surface area contributed by atoms with Crippen molar-refractivity contribution in [2.75, 3.05) is 0 Å². The second-order valence-corrected chi connectivity index (χ2v) is 2.56. The topological polar surface area (TPSA) is 89.6 Å². The average Bonchev–Trinajstić information content (AvgIpc) is 2.13. The van der Waals surface area contributed by atoms with Crippen molar-refractivity contribution in [2.45, 2.75) is 25.2 Å². The maximum atomic E-state index is 12.4. The first kappa shape index (κ1) is 12.6. The third-order valence-corrected chi connectivity index (χ3v) is 1.39. The summed E-state index contributed by atoms with van der Waals surface area (Å²) in [5.41, 5.74) is 5.23. The summed E-state index contributed by atoms with van der Waals surface area (Å²) in [7, 11) is 0. The Kier molecular flexibility index (Phi) is 5.47. The summed E-state index contributed by atoms with van der Waals surface area (Å²) in [6.45, 7) is 3.06. The first-order valence-corrected chi connectivity index (χ1v) is 3.92. The van der Waals surface area contributed by atoms with Gasteiger partial charge in [0.1, 0.15) is 6.04 Å². The number of hydrogen-bond donors (Lipinski definition) is 2. The van der Waals surface area contributed by atoms with E-state index in [-0.39, 0.29) is 12.8 Å². The maximum absolute atomic E-state index is 12.4. The van der Waals surface area contributed by atoms with Gasteiger partial charge in [0.15, 0.2) is 0 Å². The number of aliphatic carboxylic acids is 1. The van der Waals surface area contributed by atoms with E-state index in [0.717, 1.165) is 6.08 Å². The Morgan fingerprint density at radius 1 is 1.64 bits per heavy atom. The number of esters is 1. The standard InChI is InChI=1S/C8H12FNO4/c1-2-6(9)14-8(13)5(10)3-4-7(11)12/h2,5-6H,1,3-4,10H2,(H,11,12)/t5-,6?/m0/s1. The van der Waals surface area contributed by atoms with Crippen molar-refractivity contribution in [3.8, 4) is 0 Å². The van der Waals surface area contributed by atoms with E-state index in [1.807, 2.05) is 0 Å². The second kappa shape index (κ2) is 6.09. The summed E-state index contributed by atoms with van der Waals surface area (Å²) in [5.74, 6) is -2.05. The number of halogens is 1. The van der Waals surface area contributed by atoms with Crippen LogP contribution in [0.15, 0.2) is 12.7 Å². The van der Waals surface area contributed by atoms with Gasteiger partial charge in [-0.3, -0.25) is 9.59 Å². The van der Waals surface area contributed by atoms with Gasteiger partial charge >= 0.3 is 11.9 Å². The summed E-state index contributed by atoms with van der Waals surface area (Å²) in [6.07, 6.45) is -1.46. The highest BCUT2D eigenvalue weighted by atomic mass is 19.1. The highest BCUT2D eigenvalue weighted by Gasteiger charge is 2.18. The molecular weight excluding hydrogens is 193 g/mol. The fourth-order valence-corrected chi connectivity index (χ4v) is 0.643. The molecule has 0 bridgehead atoms. The highest BCUT2D eigenvalue weighted by Crippen LogP contribution is 2.01. The van der Waals surface area contributed by atoms with Gasteiger partial charge in [0, 0.05) is 6.42 Å². The van der Waals surface area contributed by atoms with Gasteiger partial charge in [-0.25, -0.2) is 0 Å². The van der Waals surface area contributed by atoms with E-state index in [4.69, 9.17) is 10.8 Å². The minimum Gasteiger partial charge on any atom is -0.481 e. The molecule has 2 atom stereocenters. The maximum Gasteiger partial charge on any atom is 0.325 e. The predicted molar refractivity (Wildman–Crippen MR) is 46.0 cm³/mol. The minimum absolute atomic E-state index is 0.0853. The van der Waals surface area contributed by atoms with E-state index in [0.29, 0.717) is 0 Å². The van der Waals surface area contributed by atoms with Crippen LogP contribution in [0.1, 0.15) is 12.8 Å². The quantitative estimate of drug-likeness (QED) is 0.477. The molecule has 0 saturated heterocycles. The largest absolute Gasteiger partial charge is 0.481 e. The monoisotopic (exact) mass is 205 g/mol. The third kappa shape index (κ3) is 5.26. The Labute approximate surface area is 80.3 Å². The number of nitrogens with two attached hydrogens (primary N) is 1. The number of carbonyl (C=O) groups excluding carboxylic acids is 1. The average molecular weight is 205 g/mol. The number of carboxylic acid groups (broad SMARTS) is 1. The van der Waals surface area contributed by atoms with Crippen LogP contribution in [0.2, 0.25) is 0 Å². The van der Waals surface area contributed by atoms with Crippen molar-refractivity contribution in [3.05, 3.63) is 12.7 Å². The van der Waals surface area contributed by atoms with Crippen molar-refractivity contribution < 1.29 is 23.8 Å². The van der Waals surface area contributed by atoms with Gasteiger partial charge in [0.25, 0.3) is 6.36 Å². The zero-order valence-electron chi connectivity index (χ0n) is 7.48. The second-order valence-electron chi connectivity index (χ2n) is 2.56. The Bertz CT molecular complexity index is 231. The van der Waals surface area contributed by atoms with Crippen molar-refractivity contribution >= 4 is 11.9 Å². The molecule has 14 heavy (non-hydrogen) atoms. The highest BCUT2D eigenvalue weighted by molar-refractivity contribution is 5.76. The van der Waals surface area contributed by atoms with Crippen LogP contribution in [0, 0.1) is 0 Å². The number of alkyl halides is 1. The van der Waals surface area contributed by atoms with Crippen LogP contribution < -0.4 is 5.73 Å². The molecule has 0 aromatic carbocycles. The number of rotatable bonds is 6. The molecule has 0 radical (unpaired) electrons. The molecule has 1 unspecified atom stereocenters. The molecule has 0 spiro atoms. The molecular formula is C8H12FNO4. The van der Waals surface area contributed by atoms with Crippen LogP contribution >= 0.6 is 0 Å². The minimum atomic E-state index is -1.90. The van der Waals surface area contributed by atoms with Gasteiger partial charge in [0.05, 0.1) is 0 Å². The van der Waals surface area contributed by atoms with E-state index in [1.54, 1.807) is 0 Å². The predicted octanol–water partition coefficient (Wildman–Crippen LogP) is 0.203. The molecule has 0 aliphatic heterocycles. The lowest BCUT2D eigenvalue weighted by Gasteiger charge is -2.10. The van der Waals surface area contributed by atoms with E-state index < -0.39 is 24.3 Å². The van der Waals surface area contributed by atoms with Crippen LogP contribution in [0.25, 0.3) is 0 Å². The van der Waals surface area contributed by atoms with Gasteiger partial charge in [-0.2, -0.15) is 4.39 Å². The van der Waals surface area contributed by atoms with Crippen LogP contribution in [-0.4, -0.2) is 29.4 Å². The van der Waals surface area contributed by atoms with Crippen LogP contribution in [0.4, 0.5) is 4.39 Å². The van der Waals surface area contributed by atoms with Crippen molar-refractivity contribution in [1.82, 2.24) is 0 Å². The normalized spacial score (nSPS) is 14.1. The molecule has 80 valence electrons. The molecule has 0 fully saturated rings. The number of carbonyl (C=O) groups is 2. The van der Waals surface area contributed by atoms with Gasteiger partial charge in [-0.15, -0.1) is 0 Å². The summed E-state index contributed by atoms with van der Waals surface area (Å²) in [6, 6.07) is -1.12. The number of hydrogen-bond acceptors (Lipinski definition) is 4. The van der Waals surface area contributed by atoms with Crippen LogP contribution in [0.3, 0.4) is 0 Å². The first-order valence-electron chi connectivity index (χ1n) is 3.92. The summed E-state index contributed by atoms with van der Waals surface area (Å²) in [4.78, 5) is 21.0. The molecule has 0 amide bonds. The van der Waals surface area contributed by atoms with Gasteiger partial charge in [0.2, 0.25) is 0 Å². The van der Waals surface area contributed by atoms with Crippen molar-refractivity contribution in [1.29, 1.82) is 0 Å². The summed E-state index contributed by atoms with van der Waals surface area (Å²) >= 11 is 0. The molecule has 0 saturated carbocycles. The van der Waals surface area contributed by atoms with Crippen molar-refractivity contribution in [2.24, 2.45) is 5.73 Å². The zero-order chi connectivity index (χ0) is 11.1. The van der Waals surface area contributed by atoms with Gasteiger partial charge in [-0.05, 0) is 12.5 Å². The number of carboxylic acids is 1. The number of ether oxygens (including phenoxy) is 1. The molecule has 0 heterocycles. The van der Waals surface area contributed by atoms with Gasteiger partial charge < -0.3 is 15.6 Å². The van der Waals surface area contributed by atoms with Gasteiger partial charge in [-0.1, -0.05) is 6.58 Å². The Morgan fingerprint density at radius 3 is 2.64 bits per heavy atom. The zero-order valence-corrected chi connectivity index (χ0v) is 7.48. The first-order chi connectivity index (χ1) is 6.47. The lowest BCUT2D eigenvalue weighted by atomic mass is 10.2. The van der Waals surface area contributed by atoms with E-state index in [9.17, 15) is 14.0 Å². The lowest BCUT2D eigenvalue weighted by Crippen LogP contribution is -2.34. The van der Waals surface area contributed by atoms with Crippen LogP contribution in [-0.2, 0) is 14.3 Å². The molecule has 0 aromatic rings. The fourth-order valence-electron chi connectivity index (χ4n) is 0.643.